The zero-order chi connectivity index (χ0) is 9.97. The van der Waals surface area contributed by atoms with E-state index < -0.39 is 0 Å². The van der Waals surface area contributed by atoms with Crippen molar-refractivity contribution < 1.29 is 4.42 Å². The highest BCUT2D eigenvalue weighted by molar-refractivity contribution is 9.10. The molecule has 0 amide bonds. The smallest absolute Gasteiger partial charge is 0.169 e. The van der Waals surface area contributed by atoms with Crippen molar-refractivity contribution in [1.82, 2.24) is 15.0 Å². The van der Waals surface area contributed by atoms with Crippen LogP contribution in [0.25, 0.3) is 0 Å². The molecular weight excluding hydrogens is 248 g/mol. The molecule has 0 aliphatic rings. The minimum Gasteiger partial charge on any atom is -0.452 e. The van der Waals surface area contributed by atoms with Crippen molar-refractivity contribution in [3.8, 4) is 0 Å². The van der Waals surface area contributed by atoms with E-state index in [2.05, 4.69) is 26.2 Å². The van der Waals surface area contributed by atoms with Crippen molar-refractivity contribution in [2.45, 2.75) is 13.1 Å². The molecule has 2 rings (SSSR count). The van der Waals surface area contributed by atoms with E-state index in [0.717, 1.165) is 11.5 Å². The van der Waals surface area contributed by atoms with Gasteiger partial charge in [0.1, 0.15) is 12.3 Å². The molecule has 2 N–H and O–H groups in total. The molecule has 6 heteroatoms. The Morgan fingerprint density at radius 2 is 2.36 bits per heavy atom. The maximum absolute atomic E-state index is 5.41. The van der Waals surface area contributed by atoms with Crippen molar-refractivity contribution in [1.29, 1.82) is 0 Å². The summed E-state index contributed by atoms with van der Waals surface area (Å²) in [6.07, 6.45) is 1.80. The van der Waals surface area contributed by atoms with Crippen LogP contribution in [0, 0.1) is 0 Å². The van der Waals surface area contributed by atoms with Gasteiger partial charge in [0, 0.05) is 6.54 Å². The summed E-state index contributed by atoms with van der Waals surface area (Å²) >= 11 is 3.23. The standard InChI is InChI=1S/C8H9BrN4O/c9-8-2-1-7(14-8)5-13-4-6(3-10)11-12-13/h1-2,4H,3,5,10H2. The van der Waals surface area contributed by atoms with E-state index >= 15 is 0 Å². The highest BCUT2D eigenvalue weighted by Gasteiger charge is 2.03. The minimum absolute atomic E-state index is 0.405. The Balaban J connectivity index is 2.10. The van der Waals surface area contributed by atoms with Crippen LogP contribution in [-0.2, 0) is 13.1 Å². The largest absolute Gasteiger partial charge is 0.452 e. The summed E-state index contributed by atoms with van der Waals surface area (Å²) in [5, 5.41) is 7.78. The number of rotatable bonds is 3. The Hall–Kier alpha value is -1.14. The summed E-state index contributed by atoms with van der Waals surface area (Å²) in [5.41, 5.74) is 6.19. The van der Waals surface area contributed by atoms with E-state index in [9.17, 15) is 0 Å². The van der Waals surface area contributed by atoms with Crippen LogP contribution in [0.5, 0.6) is 0 Å². The van der Waals surface area contributed by atoms with Gasteiger partial charge in [-0.25, -0.2) is 4.68 Å². The van der Waals surface area contributed by atoms with Gasteiger partial charge in [-0.15, -0.1) is 5.10 Å². The van der Waals surface area contributed by atoms with E-state index in [1.165, 1.54) is 0 Å². The van der Waals surface area contributed by atoms with Crippen LogP contribution < -0.4 is 5.73 Å². The second-order valence-corrected chi connectivity index (χ2v) is 3.60. The lowest BCUT2D eigenvalue weighted by Gasteiger charge is -1.94. The summed E-state index contributed by atoms with van der Waals surface area (Å²) in [5.74, 6) is 0.824. The SMILES string of the molecule is NCc1cn(Cc2ccc(Br)o2)nn1. The average molecular weight is 257 g/mol. The number of nitrogens with two attached hydrogens (primary N) is 1. The highest BCUT2D eigenvalue weighted by Crippen LogP contribution is 2.14. The van der Waals surface area contributed by atoms with Gasteiger partial charge in [-0.1, -0.05) is 5.21 Å². The lowest BCUT2D eigenvalue weighted by molar-refractivity contribution is 0.459. The van der Waals surface area contributed by atoms with Crippen LogP contribution in [-0.4, -0.2) is 15.0 Å². The topological polar surface area (TPSA) is 69.9 Å². The molecule has 74 valence electrons. The van der Waals surface area contributed by atoms with E-state index in [1.807, 2.05) is 12.1 Å². The van der Waals surface area contributed by atoms with Gasteiger partial charge in [-0.2, -0.15) is 0 Å². The van der Waals surface area contributed by atoms with Crippen molar-refractivity contribution in [2.75, 3.05) is 0 Å². The van der Waals surface area contributed by atoms with Gasteiger partial charge in [0.15, 0.2) is 4.67 Å². The van der Waals surface area contributed by atoms with Gasteiger partial charge in [0.2, 0.25) is 0 Å². The van der Waals surface area contributed by atoms with Gasteiger partial charge in [-0.05, 0) is 28.1 Å². The van der Waals surface area contributed by atoms with Crippen LogP contribution in [0.1, 0.15) is 11.5 Å². The van der Waals surface area contributed by atoms with Gasteiger partial charge < -0.3 is 10.2 Å². The minimum atomic E-state index is 0.405. The van der Waals surface area contributed by atoms with Crippen molar-refractivity contribution in [2.24, 2.45) is 5.73 Å². The van der Waals surface area contributed by atoms with Crippen molar-refractivity contribution in [3.63, 3.8) is 0 Å². The zero-order valence-corrected chi connectivity index (χ0v) is 8.94. The number of halogens is 1. The van der Waals surface area contributed by atoms with E-state index in [-0.39, 0.29) is 0 Å². The number of nitrogens with zero attached hydrogens (tertiary/aromatic N) is 3. The van der Waals surface area contributed by atoms with Crippen LogP contribution in [0.2, 0.25) is 0 Å². The summed E-state index contributed by atoms with van der Waals surface area (Å²) < 4.78 is 7.73. The van der Waals surface area contributed by atoms with Gasteiger partial charge in [0.25, 0.3) is 0 Å². The van der Waals surface area contributed by atoms with E-state index in [4.69, 9.17) is 10.2 Å². The van der Waals surface area contributed by atoms with E-state index in [0.29, 0.717) is 17.8 Å². The summed E-state index contributed by atoms with van der Waals surface area (Å²) in [6.45, 7) is 0.973. The molecule has 0 radical (unpaired) electrons. The molecule has 5 nitrogen and oxygen atoms in total. The third-order valence-corrected chi connectivity index (χ3v) is 2.17. The second-order valence-electron chi connectivity index (χ2n) is 2.82. The second kappa shape index (κ2) is 3.93. The lowest BCUT2D eigenvalue weighted by atomic mass is 10.4. The molecule has 0 saturated carbocycles. The van der Waals surface area contributed by atoms with Crippen LogP contribution in [0.15, 0.2) is 27.4 Å². The number of furan rings is 1. The molecular formula is C8H9BrN4O. The fraction of sp³-hybridized carbons (Fsp3) is 0.250. The lowest BCUT2D eigenvalue weighted by Crippen LogP contribution is -1.99. The molecule has 0 aromatic carbocycles. The molecule has 0 unspecified atom stereocenters. The molecule has 0 atom stereocenters. The summed E-state index contributed by atoms with van der Waals surface area (Å²) in [6, 6.07) is 3.73. The molecule has 2 aromatic heterocycles. The third kappa shape index (κ3) is 2.02. The average Bonchev–Trinajstić information content (AvgIpc) is 2.76. The van der Waals surface area contributed by atoms with Crippen LogP contribution >= 0.6 is 15.9 Å². The van der Waals surface area contributed by atoms with Gasteiger partial charge >= 0.3 is 0 Å². The summed E-state index contributed by atoms with van der Waals surface area (Å²) in [4.78, 5) is 0. The third-order valence-electron chi connectivity index (χ3n) is 1.74. The Kier molecular flexibility index (Phi) is 2.64. The molecule has 2 heterocycles. The predicted octanol–water partition coefficient (Wildman–Crippen LogP) is 1.14. The Morgan fingerprint density at radius 3 is 2.93 bits per heavy atom. The fourth-order valence-electron chi connectivity index (χ4n) is 1.11. The quantitative estimate of drug-likeness (QED) is 0.895. The fourth-order valence-corrected chi connectivity index (χ4v) is 1.45. The summed E-state index contributed by atoms with van der Waals surface area (Å²) in [7, 11) is 0. The van der Waals surface area contributed by atoms with Crippen LogP contribution in [0.3, 0.4) is 0 Å². The molecule has 14 heavy (non-hydrogen) atoms. The van der Waals surface area contributed by atoms with E-state index in [1.54, 1.807) is 10.9 Å². The first-order chi connectivity index (χ1) is 6.78. The molecule has 0 saturated heterocycles. The molecule has 0 aliphatic carbocycles. The first-order valence-corrected chi connectivity index (χ1v) is 4.90. The highest BCUT2D eigenvalue weighted by atomic mass is 79.9. The van der Waals surface area contributed by atoms with Gasteiger partial charge in [0.05, 0.1) is 11.9 Å². The van der Waals surface area contributed by atoms with Crippen molar-refractivity contribution >= 4 is 15.9 Å². The normalized spacial score (nSPS) is 10.7. The Labute approximate surface area is 89.0 Å². The van der Waals surface area contributed by atoms with Crippen molar-refractivity contribution in [3.05, 3.63) is 34.5 Å². The predicted molar refractivity (Wildman–Crippen MR) is 53.4 cm³/mol. The molecule has 0 fully saturated rings. The zero-order valence-electron chi connectivity index (χ0n) is 7.35. The first-order valence-electron chi connectivity index (χ1n) is 4.11. The Morgan fingerprint density at radius 1 is 1.50 bits per heavy atom. The first kappa shape index (κ1) is 9.42. The molecule has 2 aromatic rings. The number of hydrogen-bond acceptors (Lipinski definition) is 4. The molecule has 0 aliphatic heterocycles. The van der Waals surface area contributed by atoms with Crippen LogP contribution in [0.4, 0.5) is 0 Å². The van der Waals surface area contributed by atoms with Gasteiger partial charge in [-0.3, -0.25) is 0 Å². The molecule has 0 bridgehead atoms. The maximum atomic E-state index is 5.41. The monoisotopic (exact) mass is 256 g/mol. The molecule has 0 spiro atoms. The Bertz CT molecular complexity index is 422. The maximum Gasteiger partial charge on any atom is 0.169 e. The number of aromatic nitrogens is 3. The number of hydrogen-bond donors (Lipinski definition) is 1.